The summed E-state index contributed by atoms with van der Waals surface area (Å²) in [5, 5.41) is 20.3. The number of benzene rings is 1. The first-order chi connectivity index (χ1) is 15.7. The zero-order valence-corrected chi connectivity index (χ0v) is 19.4. The minimum absolute atomic E-state index is 0.574. The van der Waals surface area contributed by atoms with Crippen LogP contribution in [0.5, 0.6) is 0 Å². The number of nitrogens with zero attached hydrogens (tertiary/aromatic N) is 6. The normalized spacial score (nSPS) is 14.2. The Kier molecular flexibility index (Phi) is 7.19. The molecule has 1 aliphatic heterocycles. The number of guanidine groups is 1. The molecule has 0 saturated carbocycles. The second-order valence-electron chi connectivity index (χ2n) is 8.33. The van der Waals surface area contributed by atoms with Crippen molar-refractivity contribution in [3.63, 3.8) is 0 Å². The molecule has 3 aromatic rings. The third kappa shape index (κ3) is 5.18. The van der Waals surface area contributed by atoms with E-state index in [1.165, 1.54) is 19.3 Å². The van der Waals surface area contributed by atoms with Gasteiger partial charge < -0.3 is 15.2 Å². The van der Waals surface area contributed by atoms with E-state index in [1.54, 1.807) is 0 Å². The number of rotatable bonds is 7. The standard InChI is InChI=1S/C24H34N8/c1-4-25-24(26-14-13-23-29-28-22-12-6-5-9-15-31(22)23)27-17-20-10-7-8-11-21(20)32-19(3)16-18(2)30-32/h7-8,10-11,16H,4-6,9,12-15,17H2,1-3H3,(H2,25,26,27). The van der Waals surface area contributed by atoms with Crippen LogP contribution in [0.15, 0.2) is 35.3 Å². The summed E-state index contributed by atoms with van der Waals surface area (Å²) < 4.78 is 4.31. The summed E-state index contributed by atoms with van der Waals surface area (Å²) in [5.74, 6) is 3.02. The lowest BCUT2D eigenvalue weighted by Gasteiger charge is -2.13. The Balaban J connectivity index is 1.42. The molecule has 170 valence electrons. The predicted molar refractivity (Wildman–Crippen MR) is 127 cm³/mol. The Morgan fingerprint density at radius 1 is 1.09 bits per heavy atom. The van der Waals surface area contributed by atoms with Crippen LogP contribution in [0.25, 0.3) is 5.69 Å². The van der Waals surface area contributed by atoms with Gasteiger partial charge in [0.25, 0.3) is 0 Å². The van der Waals surface area contributed by atoms with Crippen molar-refractivity contribution in [3.8, 4) is 5.69 Å². The van der Waals surface area contributed by atoms with Gasteiger partial charge in [-0.25, -0.2) is 9.67 Å². The van der Waals surface area contributed by atoms with Gasteiger partial charge in [-0.3, -0.25) is 0 Å². The topological polar surface area (TPSA) is 84.9 Å². The van der Waals surface area contributed by atoms with Crippen molar-refractivity contribution in [2.24, 2.45) is 4.99 Å². The molecular formula is C24H34N8. The summed E-state index contributed by atoms with van der Waals surface area (Å²) in [4.78, 5) is 4.84. The molecule has 0 aliphatic carbocycles. The summed E-state index contributed by atoms with van der Waals surface area (Å²) in [7, 11) is 0. The van der Waals surface area contributed by atoms with Gasteiger partial charge in [-0.05, 0) is 51.3 Å². The molecule has 8 nitrogen and oxygen atoms in total. The number of hydrogen-bond donors (Lipinski definition) is 2. The minimum Gasteiger partial charge on any atom is -0.357 e. The van der Waals surface area contributed by atoms with Crippen LogP contribution in [0.1, 0.15) is 54.8 Å². The Labute approximate surface area is 190 Å². The van der Waals surface area contributed by atoms with Gasteiger partial charge in [0.2, 0.25) is 0 Å². The van der Waals surface area contributed by atoms with Gasteiger partial charge in [-0.15, -0.1) is 10.2 Å². The molecule has 1 aromatic carbocycles. The maximum Gasteiger partial charge on any atom is 0.191 e. The van der Waals surface area contributed by atoms with E-state index >= 15 is 0 Å². The van der Waals surface area contributed by atoms with E-state index in [0.717, 1.165) is 72.7 Å². The molecule has 2 N–H and O–H groups in total. The van der Waals surface area contributed by atoms with Crippen LogP contribution in [-0.4, -0.2) is 43.6 Å². The van der Waals surface area contributed by atoms with Crippen LogP contribution in [0.2, 0.25) is 0 Å². The minimum atomic E-state index is 0.574. The quantitative estimate of drug-likeness (QED) is 0.441. The zero-order chi connectivity index (χ0) is 22.3. The number of para-hydroxylation sites is 1. The van der Waals surface area contributed by atoms with Crippen LogP contribution >= 0.6 is 0 Å². The highest BCUT2D eigenvalue weighted by atomic mass is 15.3. The summed E-state index contributed by atoms with van der Waals surface area (Å²) in [6, 6.07) is 10.4. The molecule has 0 bridgehead atoms. The molecule has 0 amide bonds. The lowest BCUT2D eigenvalue weighted by molar-refractivity contribution is 0.600. The summed E-state index contributed by atoms with van der Waals surface area (Å²) in [6.07, 6.45) is 5.58. The molecule has 8 heteroatoms. The van der Waals surface area contributed by atoms with Gasteiger partial charge in [0.05, 0.1) is 17.9 Å². The maximum absolute atomic E-state index is 4.84. The molecule has 1 aliphatic rings. The van der Waals surface area contributed by atoms with Crippen LogP contribution < -0.4 is 10.6 Å². The zero-order valence-electron chi connectivity index (χ0n) is 19.4. The van der Waals surface area contributed by atoms with Crippen molar-refractivity contribution in [1.29, 1.82) is 0 Å². The van der Waals surface area contributed by atoms with Crippen LogP contribution in [0.3, 0.4) is 0 Å². The Morgan fingerprint density at radius 2 is 1.97 bits per heavy atom. The average Bonchev–Trinajstić information content (AvgIpc) is 3.23. The van der Waals surface area contributed by atoms with Crippen molar-refractivity contribution in [2.45, 2.75) is 66.0 Å². The summed E-state index contributed by atoms with van der Waals surface area (Å²) >= 11 is 0. The van der Waals surface area contributed by atoms with Crippen LogP contribution in [0.4, 0.5) is 0 Å². The highest BCUT2D eigenvalue weighted by molar-refractivity contribution is 5.79. The van der Waals surface area contributed by atoms with Crippen molar-refractivity contribution in [2.75, 3.05) is 13.1 Å². The Hall–Kier alpha value is -3.16. The number of aromatic nitrogens is 5. The summed E-state index contributed by atoms with van der Waals surface area (Å²) in [6.45, 7) is 9.37. The fourth-order valence-electron chi connectivity index (χ4n) is 4.25. The molecule has 32 heavy (non-hydrogen) atoms. The van der Waals surface area contributed by atoms with Gasteiger partial charge in [-0.2, -0.15) is 5.10 Å². The van der Waals surface area contributed by atoms with E-state index < -0.39 is 0 Å². The second-order valence-corrected chi connectivity index (χ2v) is 8.33. The van der Waals surface area contributed by atoms with E-state index in [0.29, 0.717) is 6.54 Å². The maximum atomic E-state index is 4.84. The van der Waals surface area contributed by atoms with Gasteiger partial charge >= 0.3 is 0 Å². The third-order valence-electron chi connectivity index (χ3n) is 5.81. The second kappa shape index (κ2) is 10.4. The highest BCUT2D eigenvalue weighted by Crippen LogP contribution is 2.18. The molecule has 2 aromatic heterocycles. The van der Waals surface area contributed by atoms with E-state index in [2.05, 4.69) is 68.6 Å². The van der Waals surface area contributed by atoms with Crippen molar-refractivity contribution >= 4 is 5.96 Å². The number of hydrogen-bond acceptors (Lipinski definition) is 4. The smallest absolute Gasteiger partial charge is 0.191 e. The molecule has 4 rings (SSSR count). The van der Waals surface area contributed by atoms with E-state index in [4.69, 9.17) is 4.99 Å². The van der Waals surface area contributed by atoms with Crippen molar-refractivity contribution < 1.29 is 0 Å². The number of fused-ring (bicyclic) bond motifs is 1. The molecular weight excluding hydrogens is 400 g/mol. The Morgan fingerprint density at radius 3 is 2.78 bits per heavy atom. The number of aryl methyl sites for hydroxylation is 3. The van der Waals surface area contributed by atoms with E-state index in [9.17, 15) is 0 Å². The molecule has 0 radical (unpaired) electrons. The van der Waals surface area contributed by atoms with E-state index in [-0.39, 0.29) is 0 Å². The van der Waals surface area contributed by atoms with Crippen LogP contribution in [-0.2, 0) is 25.9 Å². The van der Waals surface area contributed by atoms with E-state index in [1.807, 2.05) is 17.7 Å². The first-order valence-electron chi connectivity index (χ1n) is 11.7. The largest absolute Gasteiger partial charge is 0.357 e. The first-order valence-corrected chi connectivity index (χ1v) is 11.7. The monoisotopic (exact) mass is 434 g/mol. The molecule has 0 spiro atoms. The van der Waals surface area contributed by atoms with Gasteiger partial charge in [0.15, 0.2) is 5.96 Å². The predicted octanol–water partition coefficient (Wildman–Crippen LogP) is 3.10. The third-order valence-corrected chi connectivity index (χ3v) is 5.81. The van der Waals surface area contributed by atoms with Crippen molar-refractivity contribution in [1.82, 2.24) is 35.2 Å². The highest BCUT2D eigenvalue weighted by Gasteiger charge is 2.14. The molecule has 0 saturated heterocycles. The molecule has 0 unspecified atom stereocenters. The molecule has 0 atom stereocenters. The van der Waals surface area contributed by atoms with Crippen molar-refractivity contribution in [3.05, 3.63) is 58.9 Å². The molecule has 3 heterocycles. The Bertz CT molecular complexity index is 1060. The number of nitrogens with one attached hydrogen (secondary N) is 2. The van der Waals surface area contributed by atoms with Gasteiger partial charge in [0, 0.05) is 38.2 Å². The SMILES string of the molecule is CCNC(=NCc1ccccc1-n1nc(C)cc1C)NCCc1nnc2n1CCCCC2. The fraction of sp³-hybridized carbons (Fsp3) is 0.500. The summed E-state index contributed by atoms with van der Waals surface area (Å²) in [5.41, 5.74) is 4.35. The molecule has 0 fully saturated rings. The average molecular weight is 435 g/mol. The number of aliphatic imine (C=N–C) groups is 1. The lowest BCUT2D eigenvalue weighted by Crippen LogP contribution is -2.38. The fourth-order valence-corrected chi connectivity index (χ4v) is 4.25. The first kappa shape index (κ1) is 22.0. The van der Waals surface area contributed by atoms with Gasteiger partial charge in [-0.1, -0.05) is 24.6 Å². The lowest BCUT2D eigenvalue weighted by atomic mass is 10.2. The van der Waals surface area contributed by atoms with Gasteiger partial charge in [0.1, 0.15) is 11.6 Å². The van der Waals surface area contributed by atoms with Crippen LogP contribution in [0, 0.1) is 13.8 Å².